The fraction of sp³-hybridized carbons (Fsp3) is 0.316. The van der Waals surface area contributed by atoms with E-state index in [1.165, 1.54) is 11.8 Å². The molecule has 1 N–H and O–H groups in total. The van der Waals surface area contributed by atoms with Crippen molar-refractivity contribution in [3.8, 4) is 0 Å². The Balaban J connectivity index is 1.51. The van der Waals surface area contributed by atoms with Gasteiger partial charge in [-0.3, -0.25) is 4.79 Å². The molecule has 0 bridgehead atoms. The first kappa shape index (κ1) is 16.1. The maximum absolute atomic E-state index is 12.4. The normalized spacial score (nSPS) is 15.2. The van der Waals surface area contributed by atoms with Crippen molar-refractivity contribution in [2.45, 2.75) is 42.5 Å². The van der Waals surface area contributed by atoms with Crippen molar-refractivity contribution in [2.75, 3.05) is 0 Å². The van der Waals surface area contributed by atoms with Crippen LogP contribution in [0.4, 0.5) is 0 Å². The van der Waals surface area contributed by atoms with Gasteiger partial charge in [0.25, 0.3) is 0 Å². The Morgan fingerprint density at radius 2 is 2.12 bits per heavy atom. The molecule has 25 heavy (non-hydrogen) atoms. The second-order valence-electron chi connectivity index (χ2n) is 6.24. The molecular formula is C19H19N3O2S. The molecule has 4 rings (SSSR count). The number of thioether (sulfide) groups is 1. The zero-order valence-electron chi connectivity index (χ0n) is 13.9. The van der Waals surface area contributed by atoms with E-state index < -0.39 is 0 Å². The molecule has 0 radical (unpaired) electrons. The zero-order chi connectivity index (χ0) is 17.2. The van der Waals surface area contributed by atoms with Gasteiger partial charge in [-0.25, -0.2) is 9.97 Å². The largest absolute Gasteiger partial charge is 0.467 e. The minimum absolute atomic E-state index is 0.0305. The third-order valence-corrected chi connectivity index (χ3v) is 5.30. The van der Waals surface area contributed by atoms with E-state index in [4.69, 9.17) is 9.40 Å². The number of benzene rings is 1. The van der Waals surface area contributed by atoms with Gasteiger partial charge in [0.2, 0.25) is 5.91 Å². The minimum Gasteiger partial charge on any atom is -0.467 e. The van der Waals surface area contributed by atoms with Gasteiger partial charge in [0, 0.05) is 11.3 Å². The standard InChI is InChI=1S/C19H19N3O2S/c1-12(18(23)20-11-14-5-4-10-24-14)25-19-15-6-2-3-7-16(15)21-17(22-19)13-8-9-13/h2-7,10,12-13H,8-9,11H2,1H3,(H,20,23). The van der Waals surface area contributed by atoms with E-state index in [0.29, 0.717) is 12.5 Å². The molecule has 2 aromatic heterocycles. The summed E-state index contributed by atoms with van der Waals surface area (Å²) < 4.78 is 5.25. The molecule has 1 fully saturated rings. The Bertz CT molecular complexity index is 891. The van der Waals surface area contributed by atoms with Crippen molar-refractivity contribution in [3.63, 3.8) is 0 Å². The van der Waals surface area contributed by atoms with Crippen LogP contribution >= 0.6 is 11.8 Å². The van der Waals surface area contributed by atoms with Crippen molar-refractivity contribution in [1.82, 2.24) is 15.3 Å². The van der Waals surface area contributed by atoms with Crippen molar-refractivity contribution >= 4 is 28.6 Å². The van der Waals surface area contributed by atoms with Crippen LogP contribution in [-0.2, 0) is 11.3 Å². The summed E-state index contributed by atoms with van der Waals surface area (Å²) in [6.07, 6.45) is 3.91. The highest BCUT2D eigenvalue weighted by atomic mass is 32.2. The van der Waals surface area contributed by atoms with Crippen molar-refractivity contribution in [3.05, 3.63) is 54.2 Å². The van der Waals surface area contributed by atoms with Crippen LogP contribution in [0.5, 0.6) is 0 Å². The number of furan rings is 1. The van der Waals surface area contributed by atoms with E-state index in [0.717, 1.165) is 40.4 Å². The highest BCUT2D eigenvalue weighted by Crippen LogP contribution is 2.40. The van der Waals surface area contributed by atoms with E-state index in [2.05, 4.69) is 10.3 Å². The van der Waals surface area contributed by atoms with Crippen LogP contribution < -0.4 is 5.32 Å². The molecule has 1 atom stereocenters. The molecule has 0 aliphatic heterocycles. The number of carbonyl (C=O) groups excluding carboxylic acids is 1. The average Bonchev–Trinajstić information content (AvgIpc) is 3.35. The molecule has 5 nitrogen and oxygen atoms in total. The predicted molar refractivity (Wildman–Crippen MR) is 97.4 cm³/mol. The number of rotatable bonds is 6. The fourth-order valence-electron chi connectivity index (χ4n) is 2.63. The third kappa shape index (κ3) is 3.69. The van der Waals surface area contributed by atoms with Gasteiger partial charge in [0.05, 0.1) is 23.6 Å². The number of nitrogens with zero attached hydrogens (tertiary/aromatic N) is 2. The van der Waals surface area contributed by atoms with Gasteiger partial charge < -0.3 is 9.73 Å². The van der Waals surface area contributed by atoms with Gasteiger partial charge in [-0.1, -0.05) is 30.0 Å². The highest BCUT2D eigenvalue weighted by Gasteiger charge is 2.28. The molecule has 1 aromatic carbocycles. The maximum Gasteiger partial charge on any atom is 0.233 e. The number of hydrogen-bond acceptors (Lipinski definition) is 5. The predicted octanol–water partition coefficient (Wildman–Crippen LogP) is 3.90. The van der Waals surface area contributed by atoms with Crippen LogP contribution in [-0.4, -0.2) is 21.1 Å². The van der Waals surface area contributed by atoms with E-state index in [9.17, 15) is 4.79 Å². The number of aromatic nitrogens is 2. The Labute approximate surface area is 150 Å². The molecule has 0 spiro atoms. The van der Waals surface area contributed by atoms with E-state index >= 15 is 0 Å². The second-order valence-corrected chi connectivity index (χ2v) is 7.57. The summed E-state index contributed by atoms with van der Waals surface area (Å²) in [7, 11) is 0. The quantitative estimate of drug-likeness (QED) is 0.538. The number of carbonyl (C=O) groups is 1. The lowest BCUT2D eigenvalue weighted by atomic mass is 10.2. The van der Waals surface area contributed by atoms with Gasteiger partial charge in [-0.2, -0.15) is 0 Å². The summed E-state index contributed by atoms with van der Waals surface area (Å²) in [6.45, 7) is 2.30. The van der Waals surface area contributed by atoms with Crippen LogP contribution in [0.25, 0.3) is 10.9 Å². The van der Waals surface area contributed by atoms with Crippen LogP contribution in [0.15, 0.2) is 52.1 Å². The number of amides is 1. The van der Waals surface area contributed by atoms with Crippen molar-refractivity contribution < 1.29 is 9.21 Å². The Kier molecular flexibility index (Phi) is 4.44. The molecule has 1 amide bonds. The first-order valence-corrected chi connectivity index (χ1v) is 9.32. The maximum atomic E-state index is 12.4. The van der Waals surface area contributed by atoms with Gasteiger partial charge >= 0.3 is 0 Å². The molecule has 1 aliphatic rings. The summed E-state index contributed by atoms with van der Waals surface area (Å²) in [5.41, 5.74) is 0.949. The van der Waals surface area contributed by atoms with Crippen LogP contribution in [0.1, 0.15) is 37.3 Å². The SMILES string of the molecule is CC(Sc1nc(C2CC2)nc2ccccc12)C(=O)NCc1ccco1. The number of fused-ring (bicyclic) bond motifs is 1. The van der Waals surface area contributed by atoms with Crippen LogP contribution in [0, 0.1) is 0 Å². The Morgan fingerprint density at radius 1 is 1.28 bits per heavy atom. The number of nitrogens with one attached hydrogen (secondary N) is 1. The smallest absolute Gasteiger partial charge is 0.233 e. The summed E-state index contributed by atoms with van der Waals surface area (Å²) in [6, 6.07) is 11.6. The fourth-order valence-corrected chi connectivity index (χ4v) is 3.60. The zero-order valence-corrected chi connectivity index (χ0v) is 14.8. The first-order chi connectivity index (χ1) is 12.2. The Morgan fingerprint density at radius 3 is 2.88 bits per heavy atom. The van der Waals surface area contributed by atoms with E-state index in [-0.39, 0.29) is 11.2 Å². The molecule has 1 unspecified atom stereocenters. The molecule has 1 aliphatic carbocycles. The lowest BCUT2D eigenvalue weighted by Gasteiger charge is -2.13. The van der Waals surface area contributed by atoms with E-state index in [1.54, 1.807) is 6.26 Å². The molecule has 3 aromatic rings. The minimum atomic E-state index is -0.250. The van der Waals surface area contributed by atoms with Crippen LogP contribution in [0.2, 0.25) is 0 Å². The molecule has 0 saturated heterocycles. The van der Waals surface area contributed by atoms with Crippen molar-refractivity contribution in [2.24, 2.45) is 0 Å². The molecular weight excluding hydrogens is 334 g/mol. The first-order valence-electron chi connectivity index (χ1n) is 8.44. The lowest BCUT2D eigenvalue weighted by molar-refractivity contribution is -0.120. The number of para-hydroxylation sites is 1. The average molecular weight is 353 g/mol. The molecule has 1 saturated carbocycles. The summed E-state index contributed by atoms with van der Waals surface area (Å²) in [4.78, 5) is 21.8. The lowest BCUT2D eigenvalue weighted by Crippen LogP contribution is -2.30. The second kappa shape index (κ2) is 6.88. The van der Waals surface area contributed by atoms with E-state index in [1.807, 2.05) is 43.3 Å². The Hall–Kier alpha value is -2.34. The molecule has 2 heterocycles. The van der Waals surface area contributed by atoms with Gasteiger partial charge in [0.15, 0.2) is 0 Å². The van der Waals surface area contributed by atoms with Gasteiger partial charge in [-0.05, 0) is 38.0 Å². The van der Waals surface area contributed by atoms with Crippen LogP contribution in [0.3, 0.4) is 0 Å². The highest BCUT2D eigenvalue weighted by molar-refractivity contribution is 8.00. The third-order valence-electron chi connectivity index (χ3n) is 4.20. The summed E-state index contributed by atoms with van der Waals surface area (Å²) >= 11 is 1.48. The van der Waals surface area contributed by atoms with Gasteiger partial charge in [-0.15, -0.1) is 0 Å². The summed E-state index contributed by atoms with van der Waals surface area (Å²) in [5.74, 6) is 2.10. The molecule has 6 heteroatoms. The topological polar surface area (TPSA) is 68.0 Å². The molecule has 128 valence electrons. The van der Waals surface area contributed by atoms with Crippen molar-refractivity contribution in [1.29, 1.82) is 0 Å². The monoisotopic (exact) mass is 353 g/mol. The number of hydrogen-bond donors (Lipinski definition) is 1. The summed E-state index contributed by atoms with van der Waals surface area (Å²) in [5, 5.41) is 4.54. The van der Waals surface area contributed by atoms with Gasteiger partial charge in [0.1, 0.15) is 16.6 Å².